The molecule has 5 heteroatoms. The lowest BCUT2D eigenvalue weighted by Gasteiger charge is -2.18. The molecule has 100 valence electrons. The normalized spacial score (nSPS) is 11.9. The van der Waals surface area contributed by atoms with Crippen LogP contribution in [0.1, 0.15) is 18.5 Å². The molecule has 5 nitrogen and oxygen atoms in total. The third kappa shape index (κ3) is 4.73. The maximum Gasteiger partial charge on any atom is 0.217 e. The molecule has 0 aliphatic heterocycles. The zero-order valence-electron chi connectivity index (χ0n) is 10.9. The SMILES string of the molecule is COCOC[C@@H](NC(C)=O)c1ccc(OC)cc1. The van der Waals surface area contributed by atoms with Gasteiger partial charge in [0.2, 0.25) is 5.91 Å². The number of rotatable bonds is 7. The Hall–Kier alpha value is -1.59. The highest BCUT2D eigenvalue weighted by molar-refractivity contribution is 5.73. The highest BCUT2D eigenvalue weighted by Crippen LogP contribution is 2.18. The zero-order chi connectivity index (χ0) is 13.4. The molecule has 1 rings (SSSR count). The highest BCUT2D eigenvalue weighted by Gasteiger charge is 2.12. The van der Waals surface area contributed by atoms with Gasteiger partial charge in [0, 0.05) is 14.0 Å². The molecule has 0 aliphatic carbocycles. The van der Waals surface area contributed by atoms with E-state index in [9.17, 15) is 4.79 Å². The molecule has 1 N–H and O–H groups in total. The Labute approximate surface area is 107 Å². The van der Waals surface area contributed by atoms with E-state index in [1.807, 2.05) is 24.3 Å². The van der Waals surface area contributed by atoms with Crippen LogP contribution in [0.2, 0.25) is 0 Å². The molecule has 1 atom stereocenters. The number of ether oxygens (including phenoxy) is 3. The number of hydrogen-bond donors (Lipinski definition) is 1. The second-order valence-electron chi connectivity index (χ2n) is 3.80. The van der Waals surface area contributed by atoms with Gasteiger partial charge in [-0.2, -0.15) is 0 Å². The number of nitrogens with one attached hydrogen (secondary N) is 1. The molecule has 0 spiro atoms. The first-order valence-electron chi connectivity index (χ1n) is 5.65. The molecule has 1 aromatic carbocycles. The Bertz CT molecular complexity index is 364. The van der Waals surface area contributed by atoms with Crippen molar-refractivity contribution in [1.82, 2.24) is 5.32 Å². The second kappa shape index (κ2) is 7.68. The first kappa shape index (κ1) is 14.5. The van der Waals surface area contributed by atoms with Crippen LogP contribution >= 0.6 is 0 Å². The van der Waals surface area contributed by atoms with Crippen LogP contribution in [0.3, 0.4) is 0 Å². The summed E-state index contributed by atoms with van der Waals surface area (Å²) < 4.78 is 15.2. The molecule has 0 aromatic heterocycles. The fourth-order valence-electron chi connectivity index (χ4n) is 1.55. The average molecular weight is 253 g/mol. The van der Waals surface area contributed by atoms with Gasteiger partial charge in [0.15, 0.2) is 0 Å². The molecule has 0 heterocycles. The van der Waals surface area contributed by atoms with E-state index in [1.54, 1.807) is 14.2 Å². The van der Waals surface area contributed by atoms with Crippen LogP contribution in [-0.4, -0.2) is 33.5 Å². The van der Waals surface area contributed by atoms with Crippen LogP contribution in [0.15, 0.2) is 24.3 Å². The Morgan fingerprint density at radius 1 is 1.28 bits per heavy atom. The second-order valence-corrected chi connectivity index (χ2v) is 3.80. The number of methoxy groups -OCH3 is 2. The number of hydrogen-bond acceptors (Lipinski definition) is 4. The summed E-state index contributed by atoms with van der Waals surface area (Å²) in [6.07, 6.45) is 0. The van der Waals surface area contributed by atoms with Crippen LogP contribution in [0, 0.1) is 0 Å². The molecule has 18 heavy (non-hydrogen) atoms. The third-order valence-electron chi connectivity index (χ3n) is 2.38. The predicted octanol–water partition coefficient (Wildman–Crippen LogP) is 1.49. The molecular formula is C13H19NO4. The van der Waals surface area contributed by atoms with Crippen LogP contribution in [0.4, 0.5) is 0 Å². The first-order chi connectivity index (χ1) is 8.67. The minimum absolute atomic E-state index is 0.100. The zero-order valence-corrected chi connectivity index (χ0v) is 10.9. The van der Waals surface area contributed by atoms with Crippen molar-refractivity contribution < 1.29 is 19.0 Å². The van der Waals surface area contributed by atoms with E-state index in [0.717, 1.165) is 11.3 Å². The molecule has 0 radical (unpaired) electrons. The van der Waals surface area contributed by atoms with Crippen molar-refractivity contribution in [2.24, 2.45) is 0 Å². The molecule has 0 unspecified atom stereocenters. The van der Waals surface area contributed by atoms with E-state index in [0.29, 0.717) is 6.61 Å². The summed E-state index contributed by atoms with van der Waals surface area (Å²) in [5.41, 5.74) is 0.960. The van der Waals surface area contributed by atoms with E-state index in [2.05, 4.69) is 5.32 Å². The lowest BCUT2D eigenvalue weighted by Crippen LogP contribution is -2.29. The topological polar surface area (TPSA) is 56.8 Å². The van der Waals surface area contributed by atoms with E-state index in [4.69, 9.17) is 14.2 Å². The Balaban J connectivity index is 2.69. The summed E-state index contributed by atoms with van der Waals surface area (Å²) in [4.78, 5) is 11.2. The van der Waals surface area contributed by atoms with Crippen molar-refractivity contribution in [3.05, 3.63) is 29.8 Å². The van der Waals surface area contributed by atoms with Crippen molar-refractivity contribution in [2.45, 2.75) is 13.0 Å². The molecule has 0 bridgehead atoms. The van der Waals surface area contributed by atoms with Crippen molar-refractivity contribution in [3.63, 3.8) is 0 Å². The summed E-state index contributed by atoms with van der Waals surface area (Å²) in [7, 11) is 3.17. The van der Waals surface area contributed by atoms with Gasteiger partial charge in [-0.3, -0.25) is 4.79 Å². The lowest BCUT2D eigenvalue weighted by molar-refractivity contribution is -0.120. The lowest BCUT2D eigenvalue weighted by atomic mass is 10.1. The van der Waals surface area contributed by atoms with Crippen LogP contribution in [-0.2, 0) is 14.3 Å². The molecule has 1 aromatic rings. The minimum atomic E-state index is -0.191. The molecular weight excluding hydrogens is 234 g/mol. The minimum Gasteiger partial charge on any atom is -0.497 e. The van der Waals surface area contributed by atoms with Crippen molar-refractivity contribution in [1.29, 1.82) is 0 Å². The van der Waals surface area contributed by atoms with Gasteiger partial charge in [-0.15, -0.1) is 0 Å². The van der Waals surface area contributed by atoms with E-state index >= 15 is 0 Å². The van der Waals surface area contributed by atoms with Crippen LogP contribution in [0.25, 0.3) is 0 Å². The van der Waals surface area contributed by atoms with Gasteiger partial charge in [0.1, 0.15) is 12.5 Å². The Morgan fingerprint density at radius 2 is 1.94 bits per heavy atom. The monoisotopic (exact) mass is 253 g/mol. The van der Waals surface area contributed by atoms with Gasteiger partial charge < -0.3 is 19.5 Å². The van der Waals surface area contributed by atoms with Gasteiger partial charge in [-0.25, -0.2) is 0 Å². The van der Waals surface area contributed by atoms with Gasteiger partial charge >= 0.3 is 0 Å². The summed E-state index contributed by atoms with van der Waals surface area (Å²) in [6, 6.07) is 7.30. The molecule has 1 amide bonds. The van der Waals surface area contributed by atoms with Gasteiger partial charge in [0.25, 0.3) is 0 Å². The summed E-state index contributed by atoms with van der Waals surface area (Å²) in [6.45, 7) is 2.04. The largest absolute Gasteiger partial charge is 0.497 e. The average Bonchev–Trinajstić information content (AvgIpc) is 2.37. The Morgan fingerprint density at radius 3 is 2.44 bits per heavy atom. The maximum atomic E-state index is 11.2. The van der Waals surface area contributed by atoms with Gasteiger partial charge in [-0.1, -0.05) is 12.1 Å². The fraction of sp³-hybridized carbons (Fsp3) is 0.462. The summed E-state index contributed by atoms with van der Waals surface area (Å²) in [5.74, 6) is 0.676. The van der Waals surface area contributed by atoms with Gasteiger partial charge in [0.05, 0.1) is 19.8 Å². The van der Waals surface area contributed by atoms with Crippen LogP contribution in [0.5, 0.6) is 5.75 Å². The number of amides is 1. The Kier molecular flexibility index (Phi) is 6.18. The third-order valence-corrected chi connectivity index (χ3v) is 2.38. The smallest absolute Gasteiger partial charge is 0.217 e. The number of carbonyl (C=O) groups excluding carboxylic acids is 1. The summed E-state index contributed by atoms with van der Waals surface area (Å²) in [5, 5.41) is 2.83. The van der Waals surface area contributed by atoms with Crippen molar-refractivity contribution in [3.8, 4) is 5.75 Å². The van der Waals surface area contributed by atoms with E-state index in [-0.39, 0.29) is 18.7 Å². The maximum absolute atomic E-state index is 11.2. The quantitative estimate of drug-likeness (QED) is 0.591. The fourth-order valence-corrected chi connectivity index (χ4v) is 1.55. The van der Waals surface area contributed by atoms with E-state index < -0.39 is 0 Å². The standard InChI is InChI=1S/C13H19NO4/c1-10(15)14-13(8-18-9-16-2)11-4-6-12(17-3)7-5-11/h4-7,13H,8-9H2,1-3H3,(H,14,15)/t13-/m1/s1. The molecule has 0 saturated carbocycles. The van der Waals surface area contributed by atoms with Crippen LogP contribution < -0.4 is 10.1 Å². The van der Waals surface area contributed by atoms with Crippen molar-refractivity contribution >= 4 is 5.91 Å². The van der Waals surface area contributed by atoms with Gasteiger partial charge in [-0.05, 0) is 17.7 Å². The highest BCUT2D eigenvalue weighted by atomic mass is 16.7. The number of benzene rings is 1. The molecule has 0 aliphatic rings. The number of carbonyl (C=O) groups is 1. The van der Waals surface area contributed by atoms with E-state index in [1.165, 1.54) is 6.92 Å². The summed E-state index contributed by atoms with van der Waals surface area (Å²) >= 11 is 0. The first-order valence-corrected chi connectivity index (χ1v) is 5.65. The molecule has 0 fully saturated rings. The predicted molar refractivity (Wildman–Crippen MR) is 67.4 cm³/mol. The van der Waals surface area contributed by atoms with Crippen molar-refractivity contribution in [2.75, 3.05) is 27.6 Å². The molecule has 0 saturated heterocycles.